The highest BCUT2D eigenvalue weighted by Gasteiger charge is 2.17. The highest BCUT2D eigenvalue weighted by atomic mass is 16.5. The summed E-state index contributed by atoms with van der Waals surface area (Å²) in [6.45, 7) is 7.71. The lowest BCUT2D eigenvalue weighted by molar-refractivity contribution is 0.0362. The molecule has 0 aliphatic carbocycles. The van der Waals surface area contributed by atoms with Crippen molar-refractivity contribution in [2.75, 3.05) is 32.8 Å². The predicted molar refractivity (Wildman–Crippen MR) is 74.4 cm³/mol. The van der Waals surface area contributed by atoms with Crippen LogP contribution >= 0.6 is 0 Å². The van der Waals surface area contributed by atoms with Gasteiger partial charge in [-0.1, -0.05) is 0 Å². The van der Waals surface area contributed by atoms with E-state index in [0.29, 0.717) is 31.0 Å². The third kappa shape index (κ3) is 3.08. The zero-order valence-electron chi connectivity index (χ0n) is 11.9. The zero-order chi connectivity index (χ0) is 14.7. The van der Waals surface area contributed by atoms with Crippen molar-refractivity contribution in [2.24, 2.45) is 0 Å². The Labute approximate surface area is 117 Å². The van der Waals surface area contributed by atoms with Crippen LogP contribution < -0.4 is 5.56 Å². The van der Waals surface area contributed by atoms with E-state index in [0.717, 1.165) is 19.6 Å². The maximum absolute atomic E-state index is 12.0. The molecule has 1 aromatic heterocycles. The normalized spacial score (nSPS) is 16.3. The SMILES string of the molecule is Cc1cc(=O)n(CCN2CCOCC2)c(C)c1C(=O)O. The molecule has 6 nitrogen and oxygen atoms in total. The minimum atomic E-state index is -0.986. The molecule has 110 valence electrons. The summed E-state index contributed by atoms with van der Waals surface area (Å²) in [6, 6.07) is 1.40. The molecule has 2 rings (SSSR count). The van der Waals surface area contributed by atoms with Crippen molar-refractivity contribution in [1.82, 2.24) is 9.47 Å². The fourth-order valence-corrected chi connectivity index (χ4v) is 2.59. The molecule has 0 atom stereocenters. The Hall–Kier alpha value is -1.66. The van der Waals surface area contributed by atoms with Crippen molar-refractivity contribution >= 4 is 5.97 Å². The van der Waals surface area contributed by atoms with Crippen LogP contribution in [-0.2, 0) is 11.3 Å². The van der Waals surface area contributed by atoms with Crippen LogP contribution in [0.1, 0.15) is 21.6 Å². The van der Waals surface area contributed by atoms with Gasteiger partial charge in [-0.3, -0.25) is 9.69 Å². The molecular formula is C14H20N2O4. The van der Waals surface area contributed by atoms with Crippen LogP contribution in [0.4, 0.5) is 0 Å². The number of carboxylic acids is 1. The molecular weight excluding hydrogens is 260 g/mol. The number of ether oxygens (including phenoxy) is 1. The Bertz CT molecular complexity index is 559. The number of carbonyl (C=O) groups is 1. The Kier molecular flexibility index (Phi) is 4.57. The van der Waals surface area contributed by atoms with E-state index in [-0.39, 0.29) is 11.1 Å². The van der Waals surface area contributed by atoms with Crippen molar-refractivity contribution in [3.63, 3.8) is 0 Å². The first-order valence-corrected chi connectivity index (χ1v) is 6.75. The van der Waals surface area contributed by atoms with Crippen LogP contribution in [0.15, 0.2) is 10.9 Å². The second-order valence-electron chi connectivity index (χ2n) is 5.04. The fraction of sp³-hybridized carbons (Fsp3) is 0.571. The number of aromatic nitrogens is 1. The van der Waals surface area contributed by atoms with Gasteiger partial charge in [-0.05, 0) is 19.4 Å². The fourth-order valence-electron chi connectivity index (χ4n) is 2.59. The van der Waals surface area contributed by atoms with Crippen molar-refractivity contribution in [2.45, 2.75) is 20.4 Å². The van der Waals surface area contributed by atoms with E-state index < -0.39 is 5.97 Å². The molecule has 0 saturated carbocycles. The minimum absolute atomic E-state index is 0.141. The summed E-state index contributed by atoms with van der Waals surface area (Å²) < 4.78 is 6.83. The van der Waals surface area contributed by atoms with Crippen LogP contribution in [0.3, 0.4) is 0 Å². The van der Waals surface area contributed by atoms with E-state index in [2.05, 4.69) is 4.90 Å². The quantitative estimate of drug-likeness (QED) is 0.869. The molecule has 1 N–H and O–H groups in total. The molecule has 0 spiro atoms. The van der Waals surface area contributed by atoms with Crippen molar-refractivity contribution in [3.8, 4) is 0 Å². The van der Waals surface area contributed by atoms with Crippen LogP contribution in [0.25, 0.3) is 0 Å². The number of carboxylic acid groups (broad SMARTS) is 1. The van der Waals surface area contributed by atoms with Crippen molar-refractivity contribution in [3.05, 3.63) is 33.2 Å². The lowest BCUT2D eigenvalue weighted by atomic mass is 10.1. The summed E-state index contributed by atoms with van der Waals surface area (Å²) >= 11 is 0. The zero-order valence-corrected chi connectivity index (χ0v) is 11.9. The topological polar surface area (TPSA) is 71.8 Å². The molecule has 1 fully saturated rings. The van der Waals surface area contributed by atoms with Gasteiger partial charge in [0.15, 0.2) is 0 Å². The molecule has 0 unspecified atom stereocenters. The number of rotatable bonds is 4. The number of hydrogen-bond acceptors (Lipinski definition) is 4. The van der Waals surface area contributed by atoms with Crippen LogP contribution in [0.5, 0.6) is 0 Å². The first-order valence-electron chi connectivity index (χ1n) is 6.75. The maximum atomic E-state index is 12.0. The number of nitrogens with zero attached hydrogens (tertiary/aromatic N) is 2. The van der Waals surface area contributed by atoms with Gasteiger partial charge in [0.1, 0.15) is 0 Å². The Morgan fingerprint density at radius 3 is 2.55 bits per heavy atom. The van der Waals surface area contributed by atoms with E-state index >= 15 is 0 Å². The van der Waals surface area contributed by atoms with E-state index in [4.69, 9.17) is 4.74 Å². The van der Waals surface area contributed by atoms with Gasteiger partial charge in [0, 0.05) is 37.9 Å². The molecule has 0 amide bonds. The second-order valence-corrected chi connectivity index (χ2v) is 5.04. The van der Waals surface area contributed by atoms with E-state index in [1.807, 2.05) is 0 Å². The van der Waals surface area contributed by atoms with Crippen molar-refractivity contribution in [1.29, 1.82) is 0 Å². The van der Waals surface area contributed by atoms with Crippen LogP contribution in [-0.4, -0.2) is 53.4 Å². The van der Waals surface area contributed by atoms with Gasteiger partial charge in [0.25, 0.3) is 5.56 Å². The number of hydrogen-bond donors (Lipinski definition) is 1. The second kappa shape index (κ2) is 6.19. The highest BCUT2D eigenvalue weighted by molar-refractivity contribution is 5.90. The predicted octanol–water partition coefficient (Wildman–Crippen LogP) is 0.496. The number of aryl methyl sites for hydroxylation is 1. The van der Waals surface area contributed by atoms with Crippen molar-refractivity contribution < 1.29 is 14.6 Å². The first kappa shape index (κ1) is 14.7. The minimum Gasteiger partial charge on any atom is -0.478 e. The van der Waals surface area contributed by atoms with Gasteiger partial charge in [-0.25, -0.2) is 4.79 Å². The third-order valence-electron chi connectivity index (χ3n) is 3.72. The largest absolute Gasteiger partial charge is 0.478 e. The molecule has 20 heavy (non-hydrogen) atoms. The lowest BCUT2D eigenvalue weighted by Gasteiger charge is -2.27. The molecule has 0 bridgehead atoms. The molecule has 1 aromatic rings. The molecule has 2 heterocycles. The monoisotopic (exact) mass is 280 g/mol. The summed E-state index contributed by atoms with van der Waals surface area (Å²) in [5.41, 5.74) is 1.13. The summed E-state index contributed by atoms with van der Waals surface area (Å²) in [6.07, 6.45) is 0. The van der Waals surface area contributed by atoms with Gasteiger partial charge in [-0.15, -0.1) is 0 Å². The molecule has 1 aliphatic heterocycles. The first-order chi connectivity index (χ1) is 9.50. The smallest absolute Gasteiger partial charge is 0.337 e. The van der Waals surface area contributed by atoms with E-state index in [9.17, 15) is 14.7 Å². The standard InChI is InChI=1S/C14H20N2O4/c1-10-9-12(17)16(11(2)13(10)14(18)19)4-3-15-5-7-20-8-6-15/h9H,3-8H2,1-2H3,(H,18,19). The van der Waals surface area contributed by atoms with Gasteiger partial charge >= 0.3 is 5.97 Å². The summed E-state index contributed by atoms with van der Waals surface area (Å²) in [7, 11) is 0. The third-order valence-corrected chi connectivity index (χ3v) is 3.72. The van der Waals surface area contributed by atoms with Gasteiger partial charge in [-0.2, -0.15) is 0 Å². The summed E-state index contributed by atoms with van der Waals surface area (Å²) in [5.74, 6) is -0.986. The van der Waals surface area contributed by atoms with Gasteiger partial charge < -0.3 is 14.4 Å². The van der Waals surface area contributed by atoms with Gasteiger partial charge in [0.2, 0.25) is 0 Å². The molecule has 1 saturated heterocycles. The summed E-state index contributed by atoms with van der Waals surface area (Å²) in [5, 5.41) is 9.24. The highest BCUT2D eigenvalue weighted by Crippen LogP contribution is 2.11. The number of aromatic carboxylic acids is 1. The van der Waals surface area contributed by atoms with E-state index in [1.165, 1.54) is 6.07 Å². The molecule has 0 radical (unpaired) electrons. The average molecular weight is 280 g/mol. The van der Waals surface area contributed by atoms with E-state index in [1.54, 1.807) is 18.4 Å². The average Bonchev–Trinajstić information content (AvgIpc) is 2.38. The number of morpholine rings is 1. The molecule has 6 heteroatoms. The number of pyridine rings is 1. The Morgan fingerprint density at radius 1 is 1.30 bits per heavy atom. The lowest BCUT2D eigenvalue weighted by Crippen LogP contribution is -2.39. The Balaban J connectivity index is 2.20. The van der Waals surface area contributed by atoms with Crippen LogP contribution in [0, 0.1) is 13.8 Å². The maximum Gasteiger partial charge on any atom is 0.337 e. The summed E-state index contributed by atoms with van der Waals surface area (Å²) in [4.78, 5) is 25.5. The van der Waals surface area contributed by atoms with Crippen LogP contribution in [0.2, 0.25) is 0 Å². The Morgan fingerprint density at radius 2 is 1.95 bits per heavy atom. The molecule has 0 aromatic carbocycles. The molecule has 1 aliphatic rings. The van der Waals surface area contributed by atoms with Gasteiger partial charge in [0.05, 0.1) is 18.8 Å².